The zero-order valence-corrected chi connectivity index (χ0v) is 19.2. The fourth-order valence-electron chi connectivity index (χ4n) is 4.73. The molecule has 1 atom stereocenters. The molecule has 0 bridgehead atoms. The minimum Gasteiger partial charge on any atom is -0.347 e. The van der Waals surface area contributed by atoms with Gasteiger partial charge in [0.1, 0.15) is 0 Å². The van der Waals surface area contributed by atoms with Crippen LogP contribution < -0.4 is 5.32 Å². The van der Waals surface area contributed by atoms with Crippen LogP contribution >= 0.6 is 0 Å². The fourth-order valence-corrected chi connectivity index (χ4v) is 4.73. The van der Waals surface area contributed by atoms with Crippen molar-refractivity contribution >= 4 is 22.7 Å². The Hall–Kier alpha value is -3.99. The number of likely N-dealkylation sites (tertiary alicyclic amines) is 1. The van der Waals surface area contributed by atoms with Gasteiger partial charge in [0.2, 0.25) is 0 Å². The van der Waals surface area contributed by atoms with Crippen LogP contribution in [0.2, 0.25) is 0 Å². The second-order valence-corrected chi connectivity index (χ2v) is 8.86. The van der Waals surface area contributed by atoms with E-state index in [4.69, 9.17) is 0 Å². The van der Waals surface area contributed by atoms with Crippen molar-refractivity contribution in [1.82, 2.24) is 15.2 Å². The minimum absolute atomic E-state index is 0.00267. The minimum atomic E-state index is -0.149. The van der Waals surface area contributed by atoms with Gasteiger partial charge in [-0.3, -0.25) is 14.6 Å². The van der Waals surface area contributed by atoms with Crippen LogP contribution in [-0.2, 0) is 0 Å². The number of amides is 2. The van der Waals surface area contributed by atoms with E-state index >= 15 is 0 Å². The van der Waals surface area contributed by atoms with E-state index in [1.165, 1.54) is 0 Å². The second kappa shape index (κ2) is 9.48. The van der Waals surface area contributed by atoms with Crippen molar-refractivity contribution in [1.29, 1.82) is 0 Å². The van der Waals surface area contributed by atoms with Crippen LogP contribution in [0.4, 0.5) is 0 Å². The molecule has 1 fully saturated rings. The molecule has 0 radical (unpaired) electrons. The summed E-state index contributed by atoms with van der Waals surface area (Å²) >= 11 is 0. The molecule has 170 valence electrons. The number of aryl methyl sites for hydroxylation is 1. The number of nitrogens with zero attached hydrogens (tertiary/aromatic N) is 2. The van der Waals surface area contributed by atoms with Gasteiger partial charge in [-0.15, -0.1) is 0 Å². The highest BCUT2D eigenvalue weighted by atomic mass is 16.2. The standard InChI is InChI=1S/C29H27N3O2/c1-20-8-4-10-22(18-20)24-13-2-3-14-25(24)29(34)32-17-7-12-23(19-32)31-28(33)26-15-5-9-21-11-6-16-30-27(21)26/h2-6,8-11,13-16,18,23H,7,12,17,19H2,1H3,(H,31,33)/t23-/m1/s1. The van der Waals surface area contributed by atoms with E-state index in [2.05, 4.69) is 29.4 Å². The van der Waals surface area contributed by atoms with Crippen molar-refractivity contribution in [2.45, 2.75) is 25.8 Å². The molecule has 1 aliphatic rings. The van der Waals surface area contributed by atoms with E-state index < -0.39 is 0 Å². The fraction of sp³-hybridized carbons (Fsp3) is 0.207. The molecule has 0 spiro atoms. The summed E-state index contributed by atoms with van der Waals surface area (Å²) in [5, 5.41) is 4.08. The molecule has 1 aliphatic heterocycles. The molecule has 5 heteroatoms. The van der Waals surface area contributed by atoms with Crippen LogP contribution in [0.15, 0.2) is 85.1 Å². The van der Waals surface area contributed by atoms with Crippen LogP contribution in [-0.4, -0.2) is 40.8 Å². The highest BCUT2D eigenvalue weighted by Gasteiger charge is 2.27. The Morgan fingerprint density at radius 2 is 1.74 bits per heavy atom. The van der Waals surface area contributed by atoms with Gasteiger partial charge in [-0.2, -0.15) is 0 Å². The SMILES string of the molecule is Cc1cccc(-c2ccccc2C(=O)N2CCC[C@@H](NC(=O)c3cccc4cccnc34)C2)c1. The summed E-state index contributed by atoms with van der Waals surface area (Å²) in [4.78, 5) is 32.9. The average Bonchev–Trinajstić information content (AvgIpc) is 2.88. The van der Waals surface area contributed by atoms with Gasteiger partial charge in [-0.05, 0) is 49.1 Å². The molecule has 5 nitrogen and oxygen atoms in total. The Kier molecular flexibility index (Phi) is 6.09. The predicted molar refractivity (Wildman–Crippen MR) is 135 cm³/mol. The van der Waals surface area contributed by atoms with E-state index in [0.717, 1.165) is 34.9 Å². The van der Waals surface area contributed by atoms with Gasteiger partial charge >= 0.3 is 0 Å². The van der Waals surface area contributed by atoms with Gasteiger partial charge in [-0.1, -0.05) is 66.2 Å². The Morgan fingerprint density at radius 3 is 2.62 bits per heavy atom. The van der Waals surface area contributed by atoms with Gasteiger partial charge in [0, 0.05) is 36.3 Å². The van der Waals surface area contributed by atoms with Crippen molar-refractivity contribution in [3.8, 4) is 11.1 Å². The second-order valence-electron chi connectivity index (χ2n) is 8.86. The topological polar surface area (TPSA) is 62.3 Å². The monoisotopic (exact) mass is 449 g/mol. The summed E-state index contributed by atoms with van der Waals surface area (Å²) < 4.78 is 0. The van der Waals surface area contributed by atoms with E-state index in [9.17, 15) is 9.59 Å². The first-order valence-corrected chi connectivity index (χ1v) is 11.7. The lowest BCUT2D eigenvalue weighted by molar-refractivity contribution is 0.0677. The van der Waals surface area contributed by atoms with Crippen molar-refractivity contribution in [2.24, 2.45) is 0 Å². The maximum atomic E-state index is 13.6. The lowest BCUT2D eigenvalue weighted by atomic mass is 9.96. The number of nitrogens with one attached hydrogen (secondary N) is 1. The third-order valence-corrected chi connectivity index (χ3v) is 6.41. The number of fused-ring (bicyclic) bond motifs is 1. The van der Waals surface area contributed by atoms with E-state index in [0.29, 0.717) is 29.7 Å². The van der Waals surface area contributed by atoms with Gasteiger partial charge in [0.15, 0.2) is 0 Å². The van der Waals surface area contributed by atoms with Crippen LogP contribution in [0.1, 0.15) is 39.1 Å². The summed E-state index contributed by atoms with van der Waals surface area (Å²) in [5.41, 5.74) is 5.07. The number of rotatable bonds is 4. The normalized spacial score (nSPS) is 15.8. The lowest BCUT2D eigenvalue weighted by Crippen LogP contribution is -2.49. The Morgan fingerprint density at radius 1 is 0.941 bits per heavy atom. The summed E-state index contributed by atoms with van der Waals surface area (Å²) in [6.07, 6.45) is 3.39. The van der Waals surface area contributed by atoms with Gasteiger partial charge in [-0.25, -0.2) is 0 Å². The maximum absolute atomic E-state index is 13.6. The predicted octanol–water partition coefficient (Wildman–Crippen LogP) is 5.24. The maximum Gasteiger partial charge on any atom is 0.254 e. The number of benzene rings is 3. The first-order valence-electron chi connectivity index (χ1n) is 11.7. The van der Waals surface area contributed by atoms with Crippen molar-refractivity contribution in [2.75, 3.05) is 13.1 Å². The number of pyridine rings is 1. The Labute approximate surface area is 199 Å². The van der Waals surface area contributed by atoms with E-state index in [1.54, 1.807) is 12.3 Å². The van der Waals surface area contributed by atoms with Crippen LogP contribution in [0.3, 0.4) is 0 Å². The lowest BCUT2D eigenvalue weighted by Gasteiger charge is -2.33. The summed E-state index contributed by atoms with van der Waals surface area (Å²) in [6, 6.07) is 25.3. The number of hydrogen-bond acceptors (Lipinski definition) is 3. The van der Waals surface area contributed by atoms with Gasteiger partial charge in [0.05, 0.1) is 11.1 Å². The zero-order chi connectivity index (χ0) is 23.5. The van der Waals surface area contributed by atoms with Gasteiger partial charge in [0.25, 0.3) is 11.8 Å². The average molecular weight is 450 g/mol. The molecular weight excluding hydrogens is 422 g/mol. The van der Waals surface area contributed by atoms with Crippen molar-refractivity contribution in [3.05, 3.63) is 102 Å². The zero-order valence-electron chi connectivity index (χ0n) is 19.2. The molecule has 3 aromatic carbocycles. The Bertz CT molecular complexity index is 1360. The smallest absolute Gasteiger partial charge is 0.254 e. The molecular formula is C29H27N3O2. The highest BCUT2D eigenvalue weighted by Crippen LogP contribution is 2.27. The Balaban J connectivity index is 1.34. The largest absolute Gasteiger partial charge is 0.347 e. The van der Waals surface area contributed by atoms with E-state index in [-0.39, 0.29) is 17.9 Å². The van der Waals surface area contributed by atoms with Crippen molar-refractivity contribution in [3.63, 3.8) is 0 Å². The quantitative estimate of drug-likeness (QED) is 0.463. The molecule has 1 N–H and O–H groups in total. The molecule has 1 saturated heterocycles. The van der Waals surface area contributed by atoms with Crippen LogP contribution in [0, 0.1) is 6.92 Å². The van der Waals surface area contributed by atoms with Gasteiger partial charge < -0.3 is 10.2 Å². The summed E-state index contributed by atoms with van der Waals surface area (Å²) in [7, 11) is 0. The van der Waals surface area contributed by atoms with Crippen LogP contribution in [0.5, 0.6) is 0 Å². The number of carbonyl (C=O) groups excluding carboxylic acids is 2. The first kappa shape index (κ1) is 21.8. The molecule has 5 rings (SSSR count). The number of carbonyl (C=O) groups is 2. The molecule has 0 unspecified atom stereocenters. The number of hydrogen-bond donors (Lipinski definition) is 1. The molecule has 0 saturated carbocycles. The number of para-hydroxylation sites is 1. The first-order chi connectivity index (χ1) is 16.6. The molecule has 1 aromatic heterocycles. The summed E-state index contributed by atoms with van der Waals surface area (Å²) in [5.74, 6) is -0.147. The van der Waals surface area contributed by atoms with E-state index in [1.807, 2.05) is 65.6 Å². The molecule has 0 aliphatic carbocycles. The number of aromatic nitrogens is 1. The molecule has 2 heterocycles. The molecule has 2 amide bonds. The molecule has 34 heavy (non-hydrogen) atoms. The van der Waals surface area contributed by atoms with Crippen molar-refractivity contribution < 1.29 is 9.59 Å². The number of piperidine rings is 1. The third kappa shape index (κ3) is 4.42. The van der Waals surface area contributed by atoms with Crippen LogP contribution in [0.25, 0.3) is 22.0 Å². The highest BCUT2D eigenvalue weighted by molar-refractivity contribution is 6.05. The molecule has 4 aromatic rings. The summed E-state index contributed by atoms with van der Waals surface area (Å²) in [6.45, 7) is 3.23. The third-order valence-electron chi connectivity index (χ3n) is 6.41.